The molecule has 0 fully saturated rings. The van der Waals surface area contributed by atoms with Crippen LogP contribution in [0.4, 0.5) is 0 Å². The minimum atomic E-state index is -0.905. The molecular formula is C16H22O4. The molecule has 0 aromatic carbocycles. The van der Waals surface area contributed by atoms with Crippen LogP contribution in [-0.2, 0) is 9.59 Å². The summed E-state index contributed by atoms with van der Waals surface area (Å²) in [4.78, 5) is 20.4. The first kappa shape index (κ1) is 17.9. The van der Waals surface area contributed by atoms with Crippen LogP contribution in [0.15, 0.2) is 48.6 Å². The van der Waals surface area contributed by atoms with E-state index in [0.717, 1.165) is 50.7 Å². The molecule has 0 aliphatic rings. The van der Waals surface area contributed by atoms with Gasteiger partial charge in [0.2, 0.25) is 0 Å². The van der Waals surface area contributed by atoms with E-state index in [2.05, 4.69) is 24.3 Å². The maximum Gasteiger partial charge on any atom is 0.327 e. The first-order valence-corrected chi connectivity index (χ1v) is 6.72. The largest absolute Gasteiger partial charge is 0.478 e. The van der Waals surface area contributed by atoms with Gasteiger partial charge in [0.1, 0.15) is 0 Å². The van der Waals surface area contributed by atoms with Gasteiger partial charge in [0.15, 0.2) is 0 Å². The fourth-order valence-corrected chi connectivity index (χ4v) is 1.42. The summed E-state index contributed by atoms with van der Waals surface area (Å²) in [5.41, 5.74) is 0. The Morgan fingerprint density at radius 2 is 0.800 bits per heavy atom. The predicted molar refractivity (Wildman–Crippen MR) is 79.5 cm³/mol. The quantitative estimate of drug-likeness (QED) is 0.343. The van der Waals surface area contributed by atoms with Crippen LogP contribution < -0.4 is 0 Å². The van der Waals surface area contributed by atoms with Crippen LogP contribution in [-0.4, -0.2) is 22.2 Å². The maximum atomic E-state index is 10.2. The van der Waals surface area contributed by atoms with Crippen molar-refractivity contribution < 1.29 is 19.8 Å². The van der Waals surface area contributed by atoms with Crippen LogP contribution in [0.25, 0.3) is 0 Å². The highest BCUT2D eigenvalue weighted by atomic mass is 16.4. The van der Waals surface area contributed by atoms with E-state index in [-0.39, 0.29) is 0 Å². The molecule has 0 unspecified atom stereocenters. The molecule has 0 aliphatic carbocycles. The molecule has 0 radical (unpaired) electrons. The average molecular weight is 278 g/mol. The smallest absolute Gasteiger partial charge is 0.327 e. The zero-order valence-corrected chi connectivity index (χ0v) is 11.6. The van der Waals surface area contributed by atoms with Crippen LogP contribution >= 0.6 is 0 Å². The third-order valence-electron chi connectivity index (χ3n) is 2.35. The van der Waals surface area contributed by atoms with E-state index in [1.807, 2.05) is 0 Å². The van der Waals surface area contributed by atoms with Crippen LogP contribution in [0, 0.1) is 0 Å². The van der Waals surface area contributed by atoms with Gasteiger partial charge in [-0.3, -0.25) is 0 Å². The Morgan fingerprint density at radius 1 is 0.550 bits per heavy atom. The average Bonchev–Trinajstić information content (AvgIpc) is 2.38. The highest BCUT2D eigenvalue weighted by Gasteiger charge is 1.85. The van der Waals surface area contributed by atoms with E-state index < -0.39 is 11.9 Å². The number of rotatable bonds is 11. The van der Waals surface area contributed by atoms with Gasteiger partial charge in [0.05, 0.1) is 0 Å². The standard InChI is InChI=1S/C16H22O4/c17-15(18)13-11-9-7-5-3-1-2-4-6-8-10-12-14-16(19)20/h3-6,11-14H,1-2,7-10H2,(H,17,18)(H,19,20)/b5-3+,6-4+,13-11-,14-12-. The Kier molecular flexibility index (Phi) is 11.9. The van der Waals surface area contributed by atoms with Crippen molar-refractivity contribution in [3.8, 4) is 0 Å². The van der Waals surface area contributed by atoms with Crippen LogP contribution in [0.2, 0.25) is 0 Å². The molecule has 0 aliphatic heterocycles. The summed E-state index contributed by atoms with van der Waals surface area (Å²) in [6.45, 7) is 0. The minimum Gasteiger partial charge on any atom is -0.478 e. The fourth-order valence-electron chi connectivity index (χ4n) is 1.42. The lowest BCUT2D eigenvalue weighted by atomic mass is 10.2. The third kappa shape index (κ3) is 15.9. The Morgan fingerprint density at radius 3 is 1.05 bits per heavy atom. The van der Waals surface area contributed by atoms with E-state index in [9.17, 15) is 9.59 Å². The summed E-state index contributed by atoms with van der Waals surface area (Å²) in [5.74, 6) is -1.81. The zero-order chi connectivity index (χ0) is 15.1. The number of aliphatic carboxylic acids is 2. The van der Waals surface area contributed by atoms with E-state index >= 15 is 0 Å². The van der Waals surface area contributed by atoms with Crippen molar-refractivity contribution >= 4 is 11.9 Å². The molecule has 0 atom stereocenters. The predicted octanol–water partition coefficient (Wildman–Crippen LogP) is 3.72. The van der Waals surface area contributed by atoms with Gasteiger partial charge in [-0.1, -0.05) is 36.5 Å². The lowest BCUT2D eigenvalue weighted by molar-refractivity contribution is -0.132. The van der Waals surface area contributed by atoms with Gasteiger partial charge >= 0.3 is 11.9 Å². The van der Waals surface area contributed by atoms with Crippen molar-refractivity contribution in [2.45, 2.75) is 38.5 Å². The molecule has 4 heteroatoms. The molecule has 4 nitrogen and oxygen atoms in total. The van der Waals surface area contributed by atoms with Crippen LogP contribution in [0.1, 0.15) is 38.5 Å². The first-order valence-electron chi connectivity index (χ1n) is 6.72. The molecule has 0 spiro atoms. The second-order valence-corrected chi connectivity index (χ2v) is 4.16. The van der Waals surface area contributed by atoms with Crippen molar-refractivity contribution in [3.63, 3.8) is 0 Å². The van der Waals surface area contributed by atoms with E-state index in [1.54, 1.807) is 12.2 Å². The van der Waals surface area contributed by atoms with Crippen molar-refractivity contribution in [1.29, 1.82) is 0 Å². The van der Waals surface area contributed by atoms with Crippen LogP contribution in [0.3, 0.4) is 0 Å². The van der Waals surface area contributed by atoms with Gasteiger partial charge in [-0.15, -0.1) is 0 Å². The van der Waals surface area contributed by atoms with Crippen LogP contribution in [0.5, 0.6) is 0 Å². The second kappa shape index (κ2) is 13.3. The number of carboxylic acid groups (broad SMARTS) is 2. The molecule has 0 saturated carbocycles. The number of carboxylic acids is 2. The fraction of sp³-hybridized carbons (Fsp3) is 0.375. The van der Waals surface area contributed by atoms with Crippen molar-refractivity contribution in [2.24, 2.45) is 0 Å². The summed E-state index contributed by atoms with van der Waals surface area (Å²) in [6.07, 6.45) is 19.0. The van der Waals surface area contributed by atoms with Gasteiger partial charge in [0, 0.05) is 12.2 Å². The Hall–Kier alpha value is -2.10. The highest BCUT2D eigenvalue weighted by Crippen LogP contribution is 2.00. The Labute approximate surface area is 119 Å². The maximum absolute atomic E-state index is 10.2. The summed E-state index contributed by atoms with van der Waals surface area (Å²) in [5, 5.41) is 16.7. The molecular weight excluding hydrogens is 256 g/mol. The Balaban J connectivity index is 3.42. The molecule has 20 heavy (non-hydrogen) atoms. The lowest BCUT2D eigenvalue weighted by Gasteiger charge is -1.89. The topological polar surface area (TPSA) is 74.6 Å². The van der Waals surface area contributed by atoms with E-state index in [0.29, 0.717) is 0 Å². The van der Waals surface area contributed by atoms with Gasteiger partial charge < -0.3 is 10.2 Å². The summed E-state index contributed by atoms with van der Waals surface area (Å²) < 4.78 is 0. The van der Waals surface area contributed by atoms with Gasteiger partial charge in [-0.05, 0) is 38.5 Å². The number of allylic oxidation sites excluding steroid dienone is 6. The number of hydrogen-bond donors (Lipinski definition) is 2. The lowest BCUT2D eigenvalue weighted by Crippen LogP contribution is -1.85. The molecule has 0 aromatic rings. The molecule has 0 heterocycles. The van der Waals surface area contributed by atoms with Gasteiger partial charge in [-0.2, -0.15) is 0 Å². The molecule has 2 N–H and O–H groups in total. The minimum absolute atomic E-state index is 0.745. The van der Waals surface area contributed by atoms with E-state index in [4.69, 9.17) is 10.2 Å². The summed E-state index contributed by atoms with van der Waals surface area (Å²) in [7, 11) is 0. The van der Waals surface area contributed by atoms with Gasteiger partial charge in [0.25, 0.3) is 0 Å². The monoisotopic (exact) mass is 278 g/mol. The molecule has 110 valence electrons. The summed E-state index contributed by atoms with van der Waals surface area (Å²) >= 11 is 0. The number of hydrogen-bond acceptors (Lipinski definition) is 2. The zero-order valence-electron chi connectivity index (χ0n) is 11.6. The summed E-state index contributed by atoms with van der Waals surface area (Å²) in [6, 6.07) is 0. The first-order chi connectivity index (χ1) is 9.63. The molecule has 0 rings (SSSR count). The van der Waals surface area contributed by atoms with Crippen molar-refractivity contribution in [2.75, 3.05) is 0 Å². The third-order valence-corrected chi connectivity index (χ3v) is 2.35. The van der Waals surface area contributed by atoms with Crippen molar-refractivity contribution in [3.05, 3.63) is 48.6 Å². The number of unbranched alkanes of at least 4 members (excludes halogenated alkanes) is 3. The normalized spacial score (nSPS) is 12.2. The van der Waals surface area contributed by atoms with E-state index in [1.165, 1.54) is 0 Å². The molecule has 0 amide bonds. The molecule has 0 aromatic heterocycles. The molecule has 0 bridgehead atoms. The number of carbonyl (C=O) groups is 2. The second-order valence-electron chi connectivity index (χ2n) is 4.16. The highest BCUT2D eigenvalue weighted by molar-refractivity contribution is 5.79. The Bertz CT molecular complexity index is 351. The van der Waals surface area contributed by atoms with Gasteiger partial charge in [-0.25, -0.2) is 9.59 Å². The SMILES string of the molecule is O=C(O)/C=C\CC/C=C/CC/C=C/CC/C=C\C(=O)O. The van der Waals surface area contributed by atoms with Crippen molar-refractivity contribution in [1.82, 2.24) is 0 Å². The molecule has 0 saturated heterocycles.